The second-order valence-corrected chi connectivity index (χ2v) is 7.65. The van der Waals surface area contributed by atoms with Crippen LogP contribution in [0.3, 0.4) is 0 Å². The minimum atomic E-state index is 0.655. The fraction of sp³-hybridized carbons (Fsp3) is 0.667. The van der Waals surface area contributed by atoms with E-state index in [4.69, 9.17) is 11.6 Å². The number of rotatable bonds is 6. The Bertz CT molecular complexity index is 449. The van der Waals surface area contributed by atoms with Crippen molar-refractivity contribution in [2.45, 2.75) is 58.4 Å². The molecule has 118 valence electrons. The van der Waals surface area contributed by atoms with Gasteiger partial charge in [0.05, 0.1) is 0 Å². The highest BCUT2D eigenvalue weighted by Crippen LogP contribution is 2.35. The minimum Gasteiger partial charge on any atom is -0.314 e. The van der Waals surface area contributed by atoms with Gasteiger partial charge in [0.25, 0.3) is 0 Å². The minimum absolute atomic E-state index is 0.655. The number of nitrogens with one attached hydrogen (secondary N) is 1. The van der Waals surface area contributed by atoms with Gasteiger partial charge in [-0.3, -0.25) is 0 Å². The average Bonchev–Trinajstić information content (AvgIpc) is 2.45. The Balaban J connectivity index is 2.07. The van der Waals surface area contributed by atoms with Crippen LogP contribution in [0.1, 0.15) is 51.5 Å². The van der Waals surface area contributed by atoms with Gasteiger partial charge in [-0.2, -0.15) is 0 Å². The van der Waals surface area contributed by atoms with Gasteiger partial charge in [0, 0.05) is 15.5 Å². The maximum Gasteiger partial charge on any atom is 0.0449 e. The molecule has 0 aromatic heterocycles. The zero-order valence-corrected chi connectivity index (χ0v) is 15.5. The van der Waals surface area contributed by atoms with Gasteiger partial charge in [-0.05, 0) is 61.8 Å². The monoisotopic (exact) mass is 371 g/mol. The van der Waals surface area contributed by atoms with E-state index in [9.17, 15) is 0 Å². The highest BCUT2D eigenvalue weighted by atomic mass is 79.9. The van der Waals surface area contributed by atoms with Crippen molar-refractivity contribution in [3.8, 4) is 0 Å². The molecule has 0 saturated heterocycles. The summed E-state index contributed by atoms with van der Waals surface area (Å²) in [6.07, 6.45) is 7.83. The van der Waals surface area contributed by atoms with Gasteiger partial charge in [-0.25, -0.2) is 0 Å². The number of benzene rings is 1. The molecule has 0 spiro atoms. The van der Waals surface area contributed by atoms with Gasteiger partial charge in [-0.1, -0.05) is 60.3 Å². The topological polar surface area (TPSA) is 12.0 Å². The van der Waals surface area contributed by atoms with Crippen LogP contribution in [0, 0.1) is 11.8 Å². The molecule has 1 nitrogen and oxygen atoms in total. The lowest BCUT2D eigenvalue weighted by molar-refractivity contribution is 0.195. The Hall–Kier alpha value is -0.0500. The molecule has 1 aliphatic carbocycles. The maximum atomic E-state index is 6.42. The third kappa shape index (κ3) is 4.97. The predicted octanol–water partition coefficient (Wildman–Crippen LogP) is 5.84. The van der Waals surface area contributed by atoms with Gasteiger partial charge in [0.1, 0.15) is 0 Å². The molecule has 0 amide bonds. The second kappa shape index (κ2) is 8.55. The van der Waals surface area contributed by atoms with Crippen molar-refractivity contribution in [1.29, 1.82) is 0 Å². The van der Waals surface area contributed by atoms with Crippen LogP contribution in [0.15, 0.2) is 22.7 Å². The quantitative estimate of drug-likeness (QED) is 0.661. The van der Waals surface area contributed by atoms with Crippen molar-refractivity contribution in [3.63, 3.8) is 0 Å². The van der Waals surface area contributed by atoms with Crippen molar-refractivity contribution in [1.82, 2.24) is 5.32 Å². The van der Waals surface area contributed by atoms with E-state index in [1.807, 2.05) is 6.07 Å². The summed E-state index contributed by atoms with van der Waals surface area (Å²) >= 11 is 9.91. The van der Waals surface area contributed by atoms with Crippen molar-refractivity contribution in [2.75, 3.05) is 6.54 Å². The van der Waals surface area contributed by atoms with Crippen LogP contribution in [0.4, 0.5) is 0 Å². The van der Waals surface area contributed by atoms with E-state index in [2.05, 4.69) is 47.2 Å². The second-order valence-electron chi connectivity index (χ2n) is 6.33. The summed E-state index contributed by atoms with van der Waals surface area (Å²) < 4.78 is 1.06. The molecule has 3 atom stereocenters. The van der Waals surface area contributed by atoms with Crippen LogP contribution in [0.5, 0.6) is 0 Å². The molecule has 2 rings (SSSR count). The normalized spacial score (nSPS) is 26.0. The fourth-order valence-electron chi connectivity index (χ4n) is 3.76. The van der Waals surface area contributed by atoms with Crippen molar-refractivity contribution < 1.29 is 0 Å². The van der Waals surface area contributed by atoms with E-state index in [1.54, 1.807) is 0 Å². The summed E-state index contributed by atoms with van der Waals surface area (Å²) in [5, 5.41) is 4.60. The van der Waals surface area contributed by atoms with E-state index in [-0.39, 0.29) is 0 Å². The van der Waals surface area contributed by atoms with Crippen molar-refractivity contribution in [3.05, 3.63) is 33.3 Å². The van der Waals surface area contributed by atoms with E-state index >= 15 is 0 Å². The highest BCUT2D eigenvalue weighted by molar-refractivity contribution is 9.10. The summed E-state index contributed by atoms with van der Waals surface area (Å²) in [6.45, 7) is 5.58. The van der Waals surface area contributed by atoms with E-state index in [0.717, 1.165) is 28.4 Å². The van der Waals surface area contributed by atoms with Crippen LogP contribution < -0.4 is 5.32 Å². The molecule has 3 heteroatoms. The molecule has 21 heavy (non-hydrogen) atoms. The number of halogens is 2. The Kier molecular flexibility index (Phi) is 7.04. The van der Waals surface area contributed by atoms with E-state index in [1.165, 1.54) is 37.7 Å². The zero-order valence-electron chi connectivity index (χ0n) is 13.2. The molecule has 1 N–H and O–H groups in total. The van der Waals surface area contributed by atoms with Gasteiger partial charge < -0.3 is 5.32 Å². The number of hydrogen-bond acceptors (Lipinski definition) is 1. The van der Waals surface area contributed by atoms with Crippen LogP contribution >= 0.6 is 27.5 Å². The smallest absolute Gasteiger partial charge is 0.0449 e. The standard InChI is InChI=1S/C18H27BrClN/c1-3-5-13-6-9-18(21-4-2)15(10-13)11-14-7-8-16(19)12-17(14)20/h7-8,12-13,15,18,21H,3-6,9-11H2,1-2H3. The first-order chi connectivity index (χ1) is 10.1. The maximum absolute atomic E-state index is 6.42. The first-order valence-corrected chi connectivity index (χ1v) is 9.48. The molecule has 0 bridgehead atoms. The van der Waals surface area contributed by atoms with Crippen molar-refractivity contribution in [2.24, 2.45) is 11.8 Å². The lowest BCUT2D eigenvalue weighted by atomic mass is 9.74. The fourth-order valence-corrected chi connectivity index (χ4v) is 4.51. The summed E-state index contributed by atoms with van der Waals surface area (Å²) in [4.78, 5) is 0. The lowest BCUT2D eigenvalue weighted by Gasteiger charge is -2.37. The summed E-state index contributed by atoms with van der Waals surface area (Å²) in [5.41, 5.74) is 1.30. The Morgan fingerprint density at radius 3 is 2.76 bits per heavy atom. The molecule has 0 heterocycles. The predicted molar refractivity (Wildman–Crippen MR) is 96.1 cm³/mol. The Morgan fingerprint density at radius 2 is 2.10 bits per heavy atom. The van der Waals surface area contributed by atoms with Gasteiger partial charge in [0.15, 0.2) is 0 Å². The van der Waals surface area contributed by atoms with Gasteiger partial charge >= 0.3 is 0 Å². The largest absolute Gasteiger partial charge is 0.314 e. The Morgan fingerprint density at radius 1 is 1.29 bits per heavy atom. The van der Waals surface area contributed by atoms with Gasteiger partial charge in [-0.15, -0.1) is 0 Å². The molecule has 1 aliphatic rings. The molecular formula is C18H27BrClN. The van der Waals surface area contributed by atoms with Crippen molar-refractivity contribution >= 4 is 27.5 Å². The summed E-state index contributed by atoms with van der Waals surface area (Å²) in [7, 11) is 0. The molecule has 1 saturated carbocycles. The average molecular weight is 373 g/mol. The molecule has 3 unspecified atom stereocenters. The third-order valence-electron chi connectivity index (χ3n) is 4.75. The molecule has 0 aliphatic heterocycles. The molecule has 0 radical (unpaired) electrons. The van der Waals surface area contributed by atoms with E-state index in [0.29, 0.717) is 12.0 Å². The summed E-state index contributed by atoms with van der Waals surface area (Å²) in [6, 6.07) is 6.96. The SMILES string of the molecule is CCCC1CCC(NCC)C(Cc2ccc(Br)cc2Cl)C1. The molecular weight excluding hydrogens is 346 g/mol. The molecule has 1 aromatic rings. The van der Waals surface area contributed by atoms with Crippen LogP contribution in [0.2, 0.25) is 5.02 Å². The van der Waals surface area contributed by atoms with Crippen LogP contribution in [-0.4, -0.2) is 12.6 Å². The lowest BCUT2D eigenvalue weighted by Crippen LogP contribution is -2.41. The first-order valence-electron chi connectivity index (χ1n) is 8.31. The molecule has 1 aromatic carbocycles. The van der Waals surface area contributed by atoms with Crippen LogP contribution in [-0.2, 0) is 6.42 Å². The summed E-state index contributed by atoms with van der Waals surface area (Å²) in [5.74, 6) is 1.62. The first kappa shape index (κ1) is 17.3. The highest BCUT2D eigenvalue weighted by Gasteiger charge is 2.30. The van der Waals surface area contributed by atoms with Crippen LogP contribution in [0.25, 0.3) is 0 Å². The van der Waals surface area contributed by atoms with Gasteiger partial charge in [0.2, 0.25) is 0 Å². The Labute approximate surface area is 143 Å². The van der Waals surface area contributed by atoms with E-state index < -0.39 is 0 Å². The molecule has 1 fully saturated rings. The number of hydrogen-bond donors (Lipinski definition) is 1. The zero-order chi connectivity index (χ0) is 15.2. The third-order valence-corrected chi connectivity index (χ3v) is 5.60.